The summed E-state index contributed by atoms with van der Waals surface area (Å²) < 4.78 is 26.7. The van der Waals surface area contributed by atoms with Gasteiger partial charge >= 0.3 is 0 Å². The van der Waals surface area contributed by atoms with Crippen LogP contribution < -0.4 is 10.2 Å². The first-order valence-electron chi connectivity index (χ1n) is 8.13. The summed E-state index contributed by atoms with van der Waals surface area (Å²) >= 11 is 1.46. The Bertz CT molecular complexity index is 650. The van der Waals surface area contributed by atoms with E-state index in [0.717, 1.165) is 49.5 Å². The van der Waals surface area contributed by atoms with Gasteiger partial charge in [-0.2, -0.15) is 4.37 Å². The maximum atomic E-state index is 11.2. The molecular formula is C14H26N6O2S2. The predicted octanol–water partition coefficient (Wildman–Crippen LogP) is 0.233. The van der Waals surface area contributed by atoms with E-state index >= 15 is 0 Å². The van der Waals surface area contributed by atoms with Gasteiger partial charge in [0.2, 0.25) is 5.13 Å². The average molecular weight is 375 g/mol. The molecule has 0 atom stereocenters. The van der Waals surface area contributed by atoms with E-state index in [4.69, 9.17) is 0 Å². The summed E-state index contributed by atoms with van der Waals surface area (Å²) in [5.41, 5.74) is 0. The fourth-order valence-electron chi connectivity index (χ4n) is 2.49. The van der Waals surface area contributed by atoms with E-state index in [1.54, 1.807) is 7.05 Å². The average Bonchev–Trinajstić information content (AvgIpc) is 3.03. The van der Waals surface area contributed by atoms with Gasteiger partial charge in [0.1, 0.15) is 15.7 Å². The highest BCUT2D eigenvalue weighted by Crippen LogP contribution is 2.19. The molecule has 2 heterocycles. The number of nitrogens with one attached hydrogen (secondary N) is 1. The Morgan fingerprint density at radius 2 is 2.04 bits per heavy atom. The molecule has 0 saturated carbocycles. The number of rotatable bonds is 6. The van der Waals surface area contributed by atoms with Crippen molar-refractivity contribution < 1.29 is 8.42 Å². The number of sulfone groups is 1. The first-order chi connectivity index (χ1) is 11.4. The first kappa shape index (κ1) is 18.9. The highest BCUT2D eigenvalue weighted by molar-refractivity contribution is 7.90. The SMILES string of the molecule is CCc1nsc(N2CCN(C(=NC)NCCCS(C)(=O)=O)CC2)n1. The van der Waals surface area contributed by atoms with Crippen molar-refractivity contribution in [2.24, 2.45) is 4.99 Å². The zero-order valence-electron chi connectivity index (χ0n) is 14.5. The minimum Gasteiger partial charge on any atom is -0.356 e. The van der Waals surface area contributed by atoms with Crippen LogP contribution in [0.25, 0.3) is 0 Å². The first-order valence-corrected chi connectivity index (χ1v) is 11.0. The maximum absolute atomic E-state index is 11.2. The number of aromatic nitrogens is 2. The molecule has 8 nitrogen and oxygen atoms in total. The van der Waals surface area contributed by atoms with Gasteiger partial charge in [-0.25, -0.2) is 13.4 Å². The number of anilines is 1. The number of hydrogen-bond donors (Lipinski definition) is 1. The topological polar surface area (TPSA) is 90.8 Å². The monoisotopic (exact) mass is 374 g/mol. The highest BCUT2D eigenvalue weighted by Gasteiger charge is 2.21. The quantitative estimate of drug-likeness (QED) is 0.433. The number of aliphatic imine (C=N–C) groups is 1. The number of guanidine groups is 1. The smallest absolute Gasteiger partial charge is 0.205 e. The van der Waals surface area contributed by atoms with Crippen molar-refractivity contribution in [2.45, 2.75) is 19.8 Å². The van der Waals surface area contributed by atoms with Crippen LogP contribution in [0.2, 0.25) is 0 Å². The van der Waals surface area contributed by atoms with E-state index in [1.165, 1.54) is 17.8 Å². The molecule has 0 radical (unpaired) electrons. The summed E-state index contributed by atoms with van der Waals surface area (Å²) in [6.45, 7) is 6.13. The molecule has 1 fully saturated rings. The van der Waals surface area contributed by atoms with Crippen molar-refractivity contribution in [3.63, 3.8) is 0 Å². The Hall–Kier alpha value is -1.42. The molecule has 1 saturated heterocycles. The third kappa shape index (κ3) is 5.59. The molecule has 0 amide bonds. The number of aryl methyl sites for hydroxylation is 1. The van der Waals surface area contributed by atoms with Crippen LogP contribution in [-0.4, -0.2) is 80.4 Å². The van der Waals surface area contributed by atoms with Gasteiger partial charge in [0.05, 0.1) is 5.75 Å². The van der Waals surface area contributed by atoms with Crippen molar-refractivity contribution in [1.82, 2.24) is 19.6 Å². The zero-order valence-corrected chi connectivity index (χ0v) is 16.2. The molecule has 0 spiro atoms. The second kappa shape index (κ2) is 8.61. The summed E-state index contributed by atoms with van der Waals surface area (Å²) in [6.07, 6.45) is 2.71. The van der Waals surface area contributed by atoms with Gasteiger partial charge in [-0.3, -0.25) is 4.99 Å². The van der Waals surface area contributed by atoms with E-state index in [2.05, 4.69) is 36.4 Å². The summed E-state index contributed by atoms with van der Waals surface area (Å²) in [5.74, 6) is 1.93. The normalized spacial score (nSPS) is 16.5. The van der Waals surface area contributed by atoms with Gasteiger partial charge in [0.15, 0.2) is 5.96 Å². The van der Waals surface area contributed by atoms with Crippen LogP contribution in [-0.2, 0) is 16.3 Å². The lowest BCUT2D eigenvalue weighted by Crippen LogP contribution is -2.52. The van der Waals surface area contributed by atoms with Crippen molar-refractivity contribution in [3.05, 3.63) is 5.82 Å². The lowest BCUT2D eigenvalue weighted by molar-refractivity contribution is 0.372. The lowest BCUT2D eigenvalue weighted by atomic mass is 10.3. The minimum atomic E-state index is -2.90. The van der Waals surface area contributed by atoms with E-state index in [0.29, 0.717) is 13.0 Å². The fraction of sp³-hybridized carbons (Fsp3) is 0.786. The molecule has 1 aromatic heterocycles. The largest absolute Gasteiger partial charge is 0.356 e. The Labute approximate surface area is 148 Å². The number of nitrogens with zero attached hydrogens (tertiary/aromatic N) is 5. The molecule has 1 N–H and O–H groups in total. The fourth-order valence-corrected chi connectivity index (χ4v) is 3.96. The summed E-state index contributed by atoms with van der Waals surface area (Å²) in [4.78, 5) is 13.3. The van der Waals surface area contributed by atoms with Gasteiger partial charge in [-0.15, -0.1) is 0 Å². The van der Waals surface area contributed by atoms with Crippen molar-refractivity contribution in [2.75, 3.05) is 56.7 Å². The molecule has 0 aliphatic carbocycles. The number of hydrogen-bond acceptors (Lipinski definition) is 7. The highest BCUT2D eigenvalue weighted by atomic mass is 32.2. The van der Waals surface area contributed by atoms with Crippen LogP contribution >= 0.6 is 11.5 Å². The molecule has 2 rings (SSSR count). The molecule has 1 aromatic rings. The van der Waals surface area contributed by atoms with Crippen LogP contribution in [0.4, 0.5) is 5.13 Å². The molecule has 1 aliphatic heterocycles. The molecular weight excluding hydrogens is 348 g/mol. The molecule has 0 unspecified atom stereocenters. The molecule has 0 bridgehead atoms. The van der Waals surface area contributed by atoms with Crippen molar-refractivity contribution >= 4 is 32.5 Å². The summed E-state index contributed by atoms with van der Waals surface area (Å²) in [6, 6.07) is 0. The molecule has 1 aliphatic rings. The van der Waals surface area contributed by atoms with E-state index in [1.807, 2.05) is 0 Å². The van der Waals surface area contributed by atoms with Crippen LogP contribution in [0.15, 0.2) is 4.99 Å². The summed E-state index contributed by atoms with van der Waals surface area (Å²) in [7, 11) is -1.15. The van der Waals surface area contributed by atoms with Crippen LogP contribution in [0.5, 0.6) is 0 Å². The lowest BCUT2D eigenvalue weighted by Gasteiger charge is -2.36. The third-order valence-corrected chi connectivity index (χ3v) is 5.66. The molecule has 136 valence electrons. The van der Waals surface area contributed by atoms with Gasteiger partial charge in [0, 0.05) is 64.0 Å². The standard InChI is InChI=1S/C14H26N6O2S2/c1-4-12-17-14(23-18-12)20-9-7-19(8-10-20)13(15-2)16-6-5-11-24(3,21)22/h4-11H2,1-3H3,(H,15,16). The van der Waals surface area contributed by atoms with Crippen LogP contribution in [0.3, 0.4) is 0 Å². The van der Waals surface area contributed by atoms with Crippen molar-refractivity contribution in [3.8, 4) is 0 Å². The Morgan fingerprint density at radius 1 is 1.33 bits per heavy atom. The van der Waals surface area contributed by atoms with Crippen molar-refractivity contribution in [1.29, 1.82) is 0 Å². The van der Waals surface area contributed by atoms with Gasteiger partial charge in [-0.1, -0.05) is 6.92 Å². The Balaban J connectivity index is 1.79. The van der Waals surface area contributed by atoms with Crippen LogP contribution in [0, 0.1) is 0 Å². The third-order valence-electron chi connectivity index (χ3n) is 3.81. The predicted molar refractivity (Wildman–Crippen MR) is 98.8 cm³/mol. The van der Waals surface area contributed by atoms with Crippen LogP contribution in [0.1, 0.15) is 19.2 Å². The minimum absolute atomic E-state index is 0.196. The van der Waals surface area contributed by atoms with E-state index < -0.39 is 9.84 Å². The zero-order chi connectivity index (χ0) is 17.6. The maximum Gasteiger partial charge on any atom is 0.205 e. The summed E-state index contributed by atoms with van der Waals surface area (Å²) in [5, 5.41) is 4.24. The molecule has 0 aromatic carbocycles. The van der Waals surface area contributed by atoms with Gasteiger partial charge < -0.3 is 15.1 Å². The van der Waals surface area contributed by atoms with E-state index in [9.17, 15) is 8.42 Å². The van der Waals surface area contributed by atoms with Gasteiger partial charge in [-0.05, 0) is 6.42 Å². The Kier molecular flexibility index (Phi) is 6.79. The second-order valence-corrected chi connectivity index (χ2v) is 8.77. The molecule has 24 heavy (non-hydrogen) atoms. The van der Waals surface area contributed by atoms with E-state index in [-0.39, 0.29) is 5.75 Å². The second-order valence-electron chi connectivity index (χ2n) is 5.78. The molecule has 10 heteroatoms. The Morgan fingerprint density at radius 3 is 2.58 bits per heavy atom. The number of piperazine rings is 1. The van der Waals surface area contributed by atoms with Gasteiger partial charge in [0.25, 0.3) is 0 Å².